The van der Waals surface area contributed by atoms with E-state index in [1.807, 2.05) is 0 Å². The molecule has 0 bridgehead atoms. The van der Waals surface area contributed by atoms with Crippen LogP contribution in [0.5, 0.6) is 0 Å². The summed E-state index contributed by atoms with van der Waals surface area (Å²) < 4.78 is 25.5. The Bertz CT molecular complexity index is 979. The maximum Gasteiger partial charge on any atom is 1.00 e. The fraction of sp³-hybridized carbons (Fsp3) is 0.143. The van der Waals surface area contributed by atoms with E-state index in [1.54, 1.807) is 41.8 Å². The maximum atomic E-state index is 12.8. The number of thiazole rings is 1. The number of hydrogen-bond acceptors (Lipinski definition) is 4. The van der Waals surface area contributed by atoms with Crippen LogP contribution in [0.25, 0.3) is 10.6 Å². The predicted octanol–water partition coefficient (Wildman–Crippen LogP) is 1.96. The Morgan fingerprint density at radius 3 is 2.48 bits per heavy atom. The summed E-state index contributed by atoms with van der Waals surface area (Å²) in [5.41, 5.74) is 1.44. The Hall–Kier alpha value is -2.06. The molecule has 2 aromatic carbocycles. The number of aliphatic carboxylic acids is 1. The van der Waals surface area contributed by atoms with Gasteiger partial charge in [0.1, 0.15) is 10.8 Å². The molecule has 0 radical (unpaired) electrons. The van der Waals surface area contributed by atoms with Gasteiger partial charge in [0.25, 0.3) is 0 Å². The molecule has 0 aliphatic carbocycles. The first-order chi connectivity index (χ1) is 13.4. The van der Waals surface area contributed by atoms with Gasteiger partial charge in [-0.15, -0.1) is 29.0 Å². The second-order valence-corrected chi connectivity index (χ2v) is 7.06. The topological polar surface area (TPSA) is 67.3 Å². The van der Waals surface area contributed by atoms with Crippen LogP contribution in [0.4, 0.5) is 8.78 Å². The molecule has 144 valence electrons. The molecule has 0 fully saturated rings. The summed E-state index contributed by atoms with van der Waals surface area (Å²) in [7, 11) is 0. The Morgan fingerprint density at radius 2 is 1.83 bits per heavy atom. The number of carbonyl (C=O) groups excluding carboxylic acids is 1. The second-order valence-electron chi connectivity index (χ2n) is 6.21. The number of carbonyl (C=O) groups is 2. The molecule has 0 saturated heterocycles. The molecular weight excluding hydrogens is 407 g/mol. The first kappa shape index (κ1) is 23.2. The van der Waals surface area contributed by atoms with Gasteiger partial charge in [0.2, 0.25) is 0 Å². The summed E-state index contributed by atoms with van der Waals surface area (Å²) in [4.78, 5) is 28.3. The number of benzene rings is 2. The number of carboxylic acid groups (broad SMARTS) is 1. The SMILES string of the molecule is O=C(Cc1csc(-c2cccc([C-](F)F)c2)n1)C[C@@H](C(=O)O)c1ccccc1.[Na+]. The van der Waals surface area contributed by atoms with Crippen LogP contribution in [0.2, 0.25) is 0 Å². The Balaban J connectivity index is 0.00000300. The Labute approximate surface area is 192 Å². The standard InChI is InChI=1S/C21H16F2NO3S.Na/c22-19(23)14-7-4-8-15(9-14)20-24-16(12-28-20)10-17(25)11-18(21(26)27)13-5-2-1-3-6-13;/h1-9,12,18H,10-11H2,(H,26,27);/q-1;+1/t18-;/m1./s1. The van der Waals surface area contributed by atoms with Crippen molar-refractivity contribution in [2.24, 2.45) is 0 Å². The fourth-order valence-corrected chi connectivity index (χ4v) is 3.64. The zero-order chi connectivity index (χ0) is 20.1. The molecule has 0 saturated carbocycles. The minimum Gasteiger partial charge on any atom is -0.481 e. The number of ketones is 1. The third kappa shape index (κ3) is 6.21. The van der Waals surface area contributed by atoms with Crippen LogP contribution >= 0.6 is 11.3 Å². The zero-order valence-corrected chi connectivity index (χ0v) is 18.5. The van der Waals surface area contributed by atoms with Crippen LogP contribution in [0.1, 0.15) is 29.2 Å². The molecule has 4 nitrogen and oxygen atoms in total. The minimum absolute atomic E-state index is 0. The molecule has 0 amide bonds. The van der Waals surface area contributed by atoms with E-state index in [4.69, 9.17) is 0 Å². The molecular formula is C21H16F2NNaO3S. The van der Waals surface area contributed by atoms with E-state index in [9.17, 15) is 23.5 Å². The minimum atomic E-state index is -1.77. The van der Waals surface area contributed by atoms with Gasteiger partial charge in [-0.2, -0.15) is 6.07 Å². The van der Waals surface area contributed by atoms with Crippen molar-refractivity contribution in [3.63, 3.8) is 0 Å². The number of aromatic nitrogens is 1. The smallest absolute Gasteiger partial charge is 0.481 e. The number of rotatable bonds is 8. The van der Waals surface area contributed by atoms with Crippen LogP contribution in [0.3, 0.4) is 0 Å². The summed E-state index contributed by atoms with van der Waals surface area (Å²) in [5, 5.41) is 11.7. The molecule has 3 rings (SSSR count). The number of hydrogen-bond donors (Lipinski definition) is 1. The summed E-state index contributed by atoms with van der Waals surface area (Å²) in [5.74, 6) is -2.21. The van der Waals surface area contributed by atoms with Gasteiger partial charge in [0.15, 0.2) is 6.43 Å². The van der Waals surface area contributed by atoms with Crippen LogP contribution in [-0.4, -0.2) is 21.8 Å². The number of carboxylic acids is 1. The zero-order valence-electron chi connectivity index (χ0n) is 15.6. The molecule has 1 N–H and O–H groups in total. The molecule has 8 heteroatoms. The quantitative estimate of drug-likeness (QED) is 0.444. The molecule has 0 unspecified atom stereocenters. The van der Waals surface area contributed by atoms with Crippen LogP contribution in [-0.2, 0) is 16.0 Å². The van der Waals surface area contributed by atoms with Crippen molar-refractivity contribution in [2.45, 2.75) is 18.8 Å². The van der Waals surface area contributed by atoms with Gasteiger partial charge < -0.3 is 5.11 Å². The summed E-state index contributed by atoms with van der Waals surface area (Å²) in [6.45, 7) is 0. The third-order valence-corrected chi connectivity index (χ3v) is 5.13. The monoisotopic (exact) mass is 423 g/mol. The summed E-state index contributed by atoms with van der Waals surface area (Å²) in [6.07, 6.45) is -1.91. The molecule has 0 aliphatic rings. The van der Waals surface area contributed by atoms with Crippen molar-refractivity contribution >= 4 is 23.1 Å². The van der Waals surface area contributed by atoms with Crippen LogP contribution in [0, 0.1) is 6.43 Å². The van der Waals surface area contributed by atoms with Crippen molar-refractivity contribution in [1.82, 2.24) is 4.98 Å². The second kappa shape index (κ2) is 10.6. The van der Waals surface area contributed by atoms with Gasteiger partial charge in [-0.1, -0.05) is 36.4 Å². The van der Waals surface area contributed by atoms with E-state index in [0.29, 0.717) is 21.8 Å². The first-order valence-corrected chi connectivity index (χ1v) is 9.34. The van der Waals surface area contributed by atoms with Crippen LogP contribution in [0.15, 0.2) is 60.0 Å². The number of nitrogens with zero attached hydrogens (tertiary/aromatic N) is 1. The molecule has 1 aromatic heterocycles. The van der Waals surface area contributed by atoms with E-state index >= 15 is 0 Å². The van der Waals surface area contributed by atoms with Crippen LogP contribution < -0.4 is 29.6 Å². The van der Waals surface area contributed by atoms with E-state index in [1.165, 1.54) is 29.5 Å². The van der Waals surface area contributed by atoms with Gasteiger partial charge in [0.05, 0.1) is 11.6 Å². The van der Waals surface area contributed by atoms with E-state index in [0.717, 1.165) is 0 Å². The molecule has 29 heavy (non-hydrogen) atoms. The van der Waals surface area contributed by atoms with Crippen molar-refractivity contribution in [3.05, 3.63) is 83.2 Å². The van der Waals surface area contributed by atoms with E-state index < -0.39 is 18.3 Å². The predicted molar refractivity (Wildman–Crippen MR) is 102 cm³/mol. The average molecular weight is 423 g/mol. The van der Waals surface area contributed by atoms with E-state index in [-0.39, 0.29) is 53.7 Å². The Morgan fingerprint density at radius 1 is 1.10 bits per heavy atom. The van der Waals surface area contributed by atoms with Gasteiger partial charge in [0, 0.05) is 18.2 Å². The molecule has 0 spiro atoms. The van der Waals surface area contributed by atoms with Gasteiger partial charge >= 0.3 is 35.5 Å². The first-order valence-electron chi connectivity index (χ1n) is 8.46. The van der Waals surface area contributed by atoms with Crippen molar-refractivity contribution in [1.29, 1.82) is 0 Å². The largest absolute Gasteiger partial charge is 1.00 e. The van der Waals surface area contributed by atoms with Crippen molar-refractivity contribution < 1.29 is 53.0 Å². The summed E-state index contributed by atoms with van der Waals surface area (Å²) >= 11 is 1.25. The Kier molecular flexibility index (Phi) is 8.52. The van der Waals surface area contributed by atoms with E-state index in [2.05, 4.69) is 4.98 Å². The van der Waals surface area contributed by atoms with Gasteiger partial charge in [-0.3, -0.25) is 18.4 Å². The fourth-order valence-electron chi connectivity index (χ4n) is 2.83. The summed E-state index contributed by atoms with van der Waals surface area (Å²) in [6, 6.07) is 14.5. The maximum absolute atomic E-state index is 12.8. The van der Waals surface area contributed by atoms with Gasteiger partial charge in [-0.05, 0) is 11.1 Å². The number of halogens is 2. The van der Waals surface area contributed by atoms with Gasteiger partial charge in [-0.25, -0.2) is 4.98 Å². The normalized spacial score (nSPS) is 11.4. The average Bonchev–Trinajstić information content (AvgIpc) is 3.15. The molecule has 3 aromatic rings. The van der Waals surface area contributed by atoms with Crippen molar-refractivity contribution in [3.8, 4) is 10.6 Å². The third-order valence-electron chi connectivity index (χ3n) is 4.19. The molecule has 1 atom stereocenters. The number of Topliss-reactive ketones (excluding diaryl/α,β-unsaturated/α-hetero) is 1. The molecule has 1 heterocycles. The van der Waals surface area contributed by atoms with Crippen molar-refractivity contribution in [2.75, 3.05) is 0 Å². The molecule has 0 aliphatic heterocycles.